The third-order valence-electron chi connectivity index (χ3n) is 2.56. The maximum Gasteiger partial charge on any atom is 0 e. The topological polar surface area (TPSA) is 0 Å². The number of hydrogen-bond acceptors (Lipinski definition) is 0. The molecule has 15 heavy (non-hydrogen) atoms. The molecule has 0 saturated heterocycles. The van der Waals surface area contributed by atoms with Gasteiger partial charge in [0, 0.05) is 32.7 Å². The van der Waals surface area contributed by atoms with Crippen molar-refractivity contribution in [3.05, 3.63) is 60.7 Å². The third kappa shape index (κ3) is 1.84. The summed E-state index contributed by atoms with van der Waals surface area (Å²) in [5.74, 6) is 0. The second-order valence-electron chi connectivity index (χ2n) is 3.42. The molecule has 3 aromatic carbocycles. The van der Waals surface area contributed by atoms with E-state index in [0.29, 0.717) is 0 Å². The van der Waals surface area contributed by atoms with E-state index in [9.17, 15) is 0 Å². The molecule has 3 aromatic rings. The molecule has 1 heteroatoms. The largest absolute Gasteiger partial charge is 0.143 e. The zero-order valence-corrected chi connectivity index (χ0v) is 11.1. The maximum atomic E-state index is 3.29. The molecule has 69 valence electrons. The van der Waals surface area contributed by atoms with Crippen molar-refractivity contribution < 1.29 is 32.7 Å². The standard InChI is InChI=1S/C14H9.Y/c1-3-7-13-11(5-1)9-10-12-6-2-4-8-14(12)13;/h1-9H;/q-1;. The summed E-state index contributed by atoms with van der Waals surface area (Å²) >= 11 is 0. The van der Waals surface area contributed by atoms with Crippen molar-refractivity contribution in [3.8, 4) is 0 Å². The third-order valence-corrected chi connectivity index (χ3v) is 2.56. The molecule has 0 N–H and O–H groups in total. The van der Waals surface area contributed by atoms with E-state index in [4.69, 9.17) is 0 Å². The van der Waals surface area contributed by atoms with Crippen molar-refractivity contribution in [2.45, 2.75) is 0 Å². The normalized spacial score (nSPS) is 10.1. The predicted octanol–water partition coefficient (Wildman–Crippen LogP) is 3.79. The molecule has 0 spiro atoms. The fourth-order valence-electron chi connectivity index (χ4n) is 1.87. The second-order valence-corrected chi connectivity index (χ2v) is 3.42. The van der Waals surface area contributed by atoms with E-state index in [-0.39, 0.29) is 32.7 Å². The summed E-state index contributed by atoms with van der Waals surface area (Å²) in [6.45, 7) is 0. The first-order chi connectivity index (χ1) is 6.95. The van der Waals surface area contributed by atoms with Crippen molar-refractivity contribution in [2.24, 2.45) is 0 Å². The van der Waals surface area contributed by atoms with Crippen LogP contribution in [0.15, 0.2) is 54.6 Å². The van der Waals surface area contributed by atoms with E-state index < -0.39 is 0 Å². The first-order valence-electron chi connectivity index (χ1n) is 4.73. The summed E-state index contributed by atoms with van der Waals surface area (Å²) in [6.07, 6.45) is 0. The van der Waals surface area contributed by atoms with Gasteiger partial charge in [0.15, 0.2) is 0 Å². The molecular weight excluding hydrogens is 257 g/mol. The van der Waals surface area contributed by atoms with Gasteiger partial charge in [0.25, 0.3) is 0 Å². The Morgan fingerprint density at radius 1 is 0.733 bits per heavy atom. The average Bonchev–Trinajstić information content (AvgIpc) is 2.29. The quantitative estimate of drug-likeness (QED) is 0.429. The molecule has 3 rings (SSSR count). The van der Waals surface area contributed by atoms with Gasteiger partial charge in [-0.1, -0.05) is 47.2 Å². The molecule has 0 heterocycles. The van der Waals surface area contributed by atoms with Crippen LogP contribution in [0.3, 0.4) is 0 Å². The number of rotatable bonds is 0. The van der Waals surface area contributed by atoms with E-state index in [0.717, 1.165) is 0 Å². The summed E-state index contributed by atoms with van der Waals surface area (Å²) in [4.78, 5) is 0. The Bertz CT molecular complexity index is 544. The number of benzene rings is 3. The van der Waals surface area contributed by atoms with Gasteiger partial charge in [-0.25, -0.2) is 0 Å². The van der Waals surface area contributed by atoms with Gasteiger partial charge in [0.1, 0.15) is 0 Å². The van der Waals surface area contributed by atoms with Gasteiger partial charge < -0.3 is 0 Å². The monoisotopic (exact) mass is 266 g/mol. The summed E-state index contributed by atoms with van der Waals surface area (Å²) in [5.41, 5.74) is 0. The smallest absolute Gasteiger partial charge is 0 e. The maximum absolute atomic E-state index is 3.29. The van der Waals surface area contributed by atoms with Crippen LogP contribution < -0.4 is 0 Å². The minimum Gasteiger partial charge on any atom is -0.143 e. The molecule has 0 unspecified atom stereocenters. The molecule has 0 fully saturated rings. The van der Waals surface area contributed by atoms with E-state index in [2.05, 4.69) is 54.6 Å². The fraction of sp³-hybridized carbons (Fsp3) is 0. The van der Waals surface area contributed by atoms with Gasteiger partial charge in [0.05, 0.1) is 0 Å². The molecule has 0 amide bonds. The van der Waals surface area contributed by atoms with Crippen LogP contribution in [0.1, 0.15) is 0 Å². The molecule has 1 radical (unpaired) electrons. The van der Waals surface area contributed by atoms with Gasteiger partial charge in [-0.15, -0.1) is 35.0 Å². The van der Waals surface area contributed by atoms with Crippen LogP contribution in [0.25, 0.3) is 21.5 Å². The Balaban J connectivity index is 0.000000853. The van der Waals surface area contributed by atoms with Crippen molar-refractivity contribution in [1.82, 2.24) is 0 Å². The molecular formula is C14H9Y-. The van der Waals surface area contributed by atoms with Crippen LogP contribution >= 0.6 is 0 Å². The van der Waals surface area contributed by atoms with E-state index in [1.54, 1.807) is 0 Å². The van der Waals surface area contributed by atoms with Crippen molar-refractivity contribution in [2.75, 3.05) is 0 Å². The summed E-state index contributed by atoms with van der Waals surface area (Å²) in [5, 5.41) is 5.03. The Morgan fingerprint density at radius 3 is 2.27 bits per heavy atom. The Morgan fingerprint density at radius 2 is 1.40 bits per heavy atom. The molecule has 0 bridgehead atoms. The van der Waals surface area contributed by atoms with Crippen LogP contribution in [0.2, 0.25) is 0 Å². The summed E-state index contributed by atoms with van der Waals surface area (Å²) < 4.78 is 0. The van der Waals surface area contributed by atoms with Crippen molar-refractivity contribution in [1.29, 1.82) is 0 Å². The number of fused-ring (bicyclic) bond motifs is 3. The predicted molar refractivity (Wildman–Crippen MR) is 60.3 cm³/mol. The van der Waals surface area contributed by atoms with E-state index >= 15 is 0 Å². The van der Waals surface area contributed by atoms with Crippen molar-refractivity contribution in [3.63, 3.8) is 0 Å². The molecule has 0 aliphatic rings. The van der Waals surface area contributed by atoms with Crippen LogP contribution in [0.5, 0.6) is 0 Å². The van der Waals surface area contributed by atoms with Gasteiger partial charge >= 0.3 is 0 Å². The van der Waals surface area contributed by atoms with Crippen LogP contribution in [-0.4, -0.2) is 0 Å². The molecule has 0 saturated carbocycles. The van der Waals surface area contributed by atoms with Gasteiger partial charge in [-0.05, 0) is 0 Å². The number of hydrogen-bond donors (Lipinski definition) is 0. The van der Waals surface area contributed by atoms with E-state index in [1.807, 2.05) is 6.07 Å². The van der Waals surface area contributed by atoms with Crippen LogP contribution in [0, 0.1) is 6.07 Å². The fourth-order valence-corrected chi connectivity index (χ4v) is 1.87. The van der Waals surface area contributed by atoms with Crippen LogP contribution in [0.4, 0.5) is 0 Å². The Labute approximate surface area is 114 Å². The molecule has 0 nitrogen and oxygen atoms in total. The average molecular weight is 266 g/mol. The Kier molecular flexibility index (Phi) is 3.18. The van der Waals surface area contributed by atoms with Crippen LogP contribution in [-0.2, 0) is 32.7 Å². The minimum absolute atomic E-state index is 0. The second kappa shape index (κ2) is 4.42. The SMILES string of the molecule is [Y].[c-]1cc2ccccc2c2ccccc12. The summed E-state index contributed by atoms with van der Waals surface area (Å²) in [6, 6.07) is 22.1. The van der Waals surface area contributed by atoms with Gasteiger partial charge in [-0.3, -0.25) is 0 Å². The minimum atomic E-state index is 0. The van der Waals surface area contributed by atoms with Crippen molar-refractivity contribution >= 4 is 21.5 Å². The molecule has 0 atom stereocenters. The Hall–Kier alpha value is -0.716. The van der Waals surface area contributed by atoms with E-state index in [1.165, 1.54) is 21.5 Å². The summed E-state index contributed by atoms with van der Waals surface area (Å²) in [7, 11) is 0. The van der Waals surface area contributed by atoms with Gasteiger partial charge in [-0.2, -0.15) is 0 Å². The zero-order chi connectivity index (χ0) is 9.38. The molecule has 0 aromatic heterocycles. The van der Waals surface area contributed by atoms with Gasteiger partial charge in [0.2, 0.25) is 0 Å². The molecule has 0 aliphatic heterocycles. The first kappa shape index (κ1) is 10.8. The zero-order valence-electron chi connectivity index (χ0n) is 8.27. The molecule has 0 aliphatic carbocycles. The first-order valence-corrected chi connectivity index (χ1v) is 4.73.